The van der Waals surface area contributed by atoms with Crippen LogP contribution in [0.25, 0.3) is 0 Å². The van der Waals surface area contributed by atoms with Gasteiger partial charge in [0, 0.05) is 17.8 Å². The largest absolute Gasteiger partial charge is 0.411 e. The Kier molecular flexibility index (Phi) is 7.78. The molecule has 1 atom stereocenters. The lowest BCUT2D eigenvalue weighted by molar-refractivity contribution is 0.0959. The number of nitrogens with one attached hydrogen (secondary N) is 1. The highest BCUT2D eigenvalue weighted by Crippen LogP contribution is 2.37. The van der Waals surface area contributed by atoms with Crippen molar-refractivity contribution in [1.29, 1.82) is 0 Å². The molecule has 0 aliphatic carbocycles. The molecule has 138 valence electrons. The standard InChI is InChI=1S/C18H34N2O2SSi/c1-9-19-15(13(2)3)10-16(21)17-20-14(12-23-17)11-22-24(7,8)18(4,5)6/h12-13,15,19H,9-11H2,1-8H3/t15-/m1/s1. The van der Waals surface area contributed by atoms with E-state index in [1.54, 1.807) is 0 Å². The SMILES string of the molecule is CCN[C@H](CC(=O)c1nc(CO[Si](C)(C)C(C)(C)C)cs1)C(C)C. The molecule has 24 heavy (non-hydrogen) atoms. The summed E-state index contributed by atoms with van der Waals surface area (Å²) in [7, 11) is -1.79. The maximum atomic E-state index is 12.5. The van der Waals surface area contributed by atoms with Crippen LogP contribution in [0.4, 0.5) is 0 Å². The van der Waals surface area contributed by atoms with Crippen LogP contribution in [0.1, 0.15) is 63.5 Å². The summed E-state index contributed by atoms with van der Waals surface area (Å²) in [6, 6.07) is 0.207. The van der Waals surface area contributed by atoms with Crippen molar-refractivity contribution in [3.8, 4) is 0 Å². The quantitative estimate of drug-likeness (QED) is 0.497. The lowest BCUT2D eigenvalue weighted by atomic mass is 9.99. The van der Waals surface area contributed by atoms with Crippen molar-refractivity contribution >= 4 is 25.4 Å². The lowest BCUT2D eigenvalue weighted by Gasteiger charge is -2.35. The zero-order valence-corrected chi connectivity index (χ0v) is 18.3. The topological polar surface area (TPSA) is 51.2 Å². The molecule has 1 heterocycles. The molecule has 0 saturated heterocycles. The number of nitrogens with zero attached hydrogens (tertiary/aromatic N) is 1. The first-order valence-corrected chi connectivity index (χ1v) is 12.6. The summed E-state index contributed by atoms with van der Waals surface area (Å²) < 4.78 is 6.19. The summed E-state index contributed by atoms with van der Waals surface area (Å²) in [5, 5.41) is 6.13. The number of rotatable bonds is 9. The van der Waals surface area contributed by atoms with E-state index in [1.165, 1.54) is 11.3 Å². The van der Waals surface area contributed by atoms with E-state index in [9.17, 15) is 4.79 Å². The molecule has 0 spiro atoms. The molecule has 1 aromatic heterocycles. The number of hydrogen-bond acceptors (Lipinski definition) is 5. The van der Waals surface area contributed by atoms with Crippen LogP contribution >= 0.6 is 11.3 Å². The second kappa shape index (κ2) is 8.69. The van der Waals surface area contributed by atoms with Gasteiger partial charge in [0.15, 0.2) is 19.1 Å². The smallest absolute Gasteiger partial charge is 0.192 e. The molecule has 1 N–H and O–H groups in total. The van der Waals surface area contributed by atoms with Crippen LogP contribution in [0.15, 0.2) is 5.38 Å². The summed E-state index contributed by atoms with van der Waals surface area (Å²) in [6.45, 7) is 18.9. The fraction of sp³-hybridized carbons (Fsp3) is 0.778. The summed E-state index contributed by atoms with van der Waals surface area (Å²) in [5.74, 6) is 0.550. The Bertz CT molecular complexity index is 535. The summed E-state index contributed by atoms with van der Waals surface area (Å²) in [5.41, 5.74) is 0.873. The average molecular weight is 371 g/mol. The molecule has 1 rings (SSSR count). The molecule has 0 aliphatic rings. The third-order valence-electron chi connectivity index (χ3n) is 4.85. The molecule has 0 aliphatic heterocycles. The highest BCUT2D eigenvalue weighted by Gasteiger charge is 2.37. The lowest BCUT2D eigenvalue weighted by Crippen LogP contribution is -2.40. The van der Waals surface area contributed by atoms with Crippen LogP contribution < -0.4 is 5.32 Å². The van der Waals surface area contributed by atoms with Gasteiger partial charge in [-0.1, -0.05) is 41.5 Å². The minimum atomic E-state index is -1.79. The Morgan fingerprint density at radius 3 is 2.50 bits per heavy atom. The average Bonchev–Trinajstić information content (AvgIpc) is 2.92. The van der Waals surface area contributed by atoms with E-state index in [0.717, 1.165) is 12.2 Å². The van der Waals surface area contributed by atoms with E-state index in [2.05, 4.69) is 64.9 Å². The molecule has 6 heteroatoms. The highest BCUT2D eigenvalue weighted by atomic mass is 32.1. The third-order valence-corrected chi connectivity index (χ3v) is 10.3. The Labute approximate surface area is 152 Å². The Morgan fingerprint density at radius 2 is 2.00 bits per heavy atom. The highest BCUT2D eigenvalue weighted by molar-refractivity contribution is 7.11. The van der Waals surface area contributed by atoms with Crippen molar-refractivity contribution < 1.29 is 9.22 Å². The van der Waals surface area contributed by atoms with Gasteiger partial charge in [0.25, 0.3) is 0 Å². The molecule has 0 bridgehead atoms. The first kappa shape index (κ1) is 21.5. The van der Waals surface area contributed by atoms with Crippen LogP contribution in [0.3, 0.4) is 0 Å². The van der Waals surface area contributed by atoms with Gasteiger partial charge in [0.1, 0.15) is 0 Å². The van der Waals surface area contributed by atoms with Crippen molar-refractivity contribution in [3.05, 3.63) is 16.1 Å². The van der Waals surface area contributed by atoms with Gasteiger partial charge in [-0.15, -0.1) is 11.3 Å². The van der Waals surface area contributed by atoms with E-state index in [-0.39, 0.29) is 16.9 Å². The number of carbonyl (C=O) groups excluding carboxylic acids is 1. The summed E-state index contributed by atoms with van der Waals surface area (Å²) in [4.78, 5) is 17.0. The Balaban J connectivity index is 2.67. The molecule has 4 nitrogen and oxygen atoms in total. The fourth-order valence-corrected chi connectivity index (χ4v) is 3.76. The summed E-state index contributed by atoms with van der Waals surface area (Å²) >= 11 is 1.43. The first-order chi connectivity index (χ1) is 11.0. The van der Waals surface area contributed by atoms with Gasteiger partial charge in [-0.25, -0.2) is 4.98 Å². The molecule has 0 amide bonds. The van der Waals surface area contributed by atoms with Gasteiger partial charge >= 0.3 is 0 Å². The second-order valence-electron chi connectivity index (χ2n) is 8.23. The van der Waals surface area contributed by atoms with Gasteiger partial charge in [-0.2, -0.15) is 0 Å². The second-order valence-corrected chi connectivity index (χ2v) is 13.9. The number of hydrogen-bond donors (Lipinski definition) is 1. The van der Waals surface area contributed by atoms with Crippen molar-refractivity contribution in [2.24, 2.45) is 5.92 Å². The van der Waals surface area contributed by atoms with E-state index in [1.807, 2.05) is 5.38 Å². The molecular formula is C18H34N2O2SSi. The van der Waals surface area contributed by atoms with Crippen LogP contribution in [0, 0.1) is 5.92 Å². The van der Waals surface area contributed by atoms with E-state index in [4.69, 9.17) is 4.43 Å². The van der Waals surface area contributed by atoms with Crippen molar-refractivity contribution in [3.63, 3.8) is 0 Å². The number of carbonyl (C=O) groups is 1. The van der Waals surface area contributed by atoms with Crippen LogP contribution in [-0.2, 0) is 11.0 Å². The zero-order valence-electron chi connectivity index (χ0n) is 16.5. The maximum Gasteiger partial charge on any atom is 0.192 e. The molecule has 0 fully saturated rings. The maximum absolute atomic E-state index is 12.5. The molecule has 0 saturated carbocycles. The molecule has 0 radical (unpaired) electrons. The minimum Gasteiger partial charge on any atom is -0.411 e. The van der Waals surface area contributed by atoms with Crippen molar-refractivity contribution in [2.45, 2.75) is 78.7 Å². The predicted molar refractivity (Wildman–Crippen MR) is 105 cm³/mol. The van der Waals surface area contributed by atoms with Crippen molar-refractivity contribution in [1.82, 2.24) is 10.3 Å². The van der Waals surface area contributed by atoms with Gasteiger partial charge in [-0.3, -0.25) is 4.79 Å². The first-order valence-electron chi connectivity index (χ1n) is 8.83. The third kappa shape index (κ3) is 6.06. The molecule has 0 unspecified atom stereocenters. The van der Waals surface area contributed by atoms with Gasteiger partial charge < -0.3 is 9.74 Å². The fourth-order valence-electron chi connectivity index (χ4n) is 2.07. The molecule has 1 aromatic rings. The monoisotopic (exact) mass is 370 g/mol. The molecular weight excluding hydrogens is 336 g/mol. The van der Waals surface area contributed by atoms with E-state index >= 15 is 0 Å². The summed E-state index contributed by atoms with van der Waals surface area (Å²) in [6.07, 6.45) is 0.502. The van der Waals surface area contributed by atoms with Crippen LogP contribution in [0.5, 0.6) is 0 Å². The van der Waals surface area contributed by atoms with Gasteiger partial charge in [0.05, 0.1) is 12.3 Å². The zero-order chi connectivity index (χ0) is 18.5. The minimum absolute atomic E-state index is 0.123. The van der Waals surface area contributed by atoms with E-state index < -0.39 is 8.32 Å². The Morgan fingerprint density at radius 1 is 1.38 bits per heavy atom. The molecule has 0 aromatic carbocycles. The number of thiazole rings is 1. The van der Waals surface area contributed by atoms with Crippen molar-refractivity contribution in [2.75, 3.05) is 6.54 Å². The number of Topliss-reactive ketones (excluding diaryl/α,β-unsaturated/α-hetero) is 1. The predicted octanol–water partition coefficient (Wildman–Crippen LogP) is 4.87. The Hall–Kier alpha value is -0.563. The normalized spacial score (nSPS) is 14.2. The van der Waals surface area contributed by atoms with Crippen LogP contribution in [0.2, 0.25) is 18.1 Å². The van der Waals surface area contributed by atoms with Crippen LogP contribution in [-0.4, -0.2) is 31.7 Å². The van der Waals surface area contributed by atoms with E-state index in [0.29, 0.717) is 24.0 Å². The van der Waals surface area contributed by atoms with Gasteiger partial charge in [-0.05, 0) is 30.6 Å². The van der Waals surface area contributed by atoms with Gasteiger partial charge in [0.2, 0.25) is 0 Å². The number of aromatic nitrogens is 1. The number of ketones is 1.